The summed E-state index contributed by atoms with van der Waals surface area (Å²) in [6.45, 7) is 0.514. The summed E-state index contributed by atoms with van der Waals surface area (Å²) in [6, 6.07) is 5.28. The van der Waals surface area contributed by atoms with Crippen molar-refractivity contribution < 1.29 is 9.94 Å². The first-order valence-electron chi connectivity index (χ1n) is 5.58. The standard InChI is InChI=1S/C12H15ClN2O2/c13-11-6-8(12(14)15-16)4-5-9(11)7-17-10-2-1-3-10/h4-6,10,16H,1-3,7H2,(H2,14,15). The van der Waals surface area contributed by atoms with E-state index in [-0.39, 0.29) is 5.84 Å². The predicted octanol–water partition coefficient (Wildman–Crippen LogP) is 2.50. The second-order valence-corrected chi connectivity index (χ2v) is 4.56. The molecule has 0 bridgehead atoms. The predicted molar refractivity (Wildman–Crippen MR) is 66.4 cm³/mol. The molecule has 0 aromatic heterocycles. The topological polar surface area (TPSA) is 67.8 Å². The minimum atomic E-state index is 0.0540. The Morgan fingerprint density at radius 3 is 2.82 bits per heavy atom. The van der Waals surface area contributed by atoms with Gasteiger partial charge in [0, 0.05) is 10.6 Å². The van der Waals surface area contributed by atoms with Crippen LogP contribution in [0.4, 0.5) is 0 Å². The number of ether oxygens (including phenoxy) is 1. The van der Waals surface area contributed by atoms with E-state index in [2.05, 4.69) is 5.16 Å². The number of nitrogens with two attached hydrogens (primary N) is 1. The third-order valence-corrected chi connectivity index (χ3v) is 3.34. The van der Waals surface area contributed by atoms with Gasteiger partial charge >= 0.3 is 0 Å². The van der Waals surface area contributed by atoms with Crippen LogP contribution in [0.2, 0.25) is 5.02 Å². The number of oxime groups is 1. The first-order chi connectivity index (χ1) is 8.20. The van der Waals surface area contributed by atoms with Gasteiger partial charge in [0.15, 0.2) is 5.84 Å². The van der Waals surface area contributed by atoms with Crippen LogP contribution in [-0.2, 0) is 11.3 Å². The molecule has 1 fully saturated rings. The molecule has 0 atom stereocenters. The summed E-state index contributed by atoms with van der Waals surface area (Å²) in [5, 5.41) is 12.1. The zero-order valence-corrected chi connectivity index (χ0v) is 10.2. The summed E-state index contributed by atoms with van der Waals surface area (Å²) in [5.74, 6) is 0.0540. The molecule has 0 heterocycles. The van der Waals surface area contributed by atoms with Crippen molar-refractivity contribution in [3.63, 3.8) is 0 Å². The van der Waals surface area contributed by atoms with Gasteiger partial charge in [0.2, 0.25) is 0 Å². The molecule has 1 aromatic rings. The molecule has 0 spiro atoms. The van der Waals surface area contributed by atoms with Crippen LogP contribution >= 0.6 is 11.6 Å². The second-order valence-electron chi connectivity index (χ2n) is 4.16. The zero-order chi connectivity index (χ0) is 12.3. The SMILES string of the molecule is N/C(=N/O)c1ccc(COC2CCC2)c(Cl)c1. The minimum absolute atomic E-state index is 0.0540. The summed E-state index contributed by atoms with van der Waals surface area (Å²) in [6.07, 6.45) is 3.91. The quantitative estimate of drug-likeness (QED) is 0.375. The van der Waals surface area contributed by atoms with Crippen LogP contribution in [0, 0.1) is 0 Å². The van der Waals surface area contributed by atoms with E-state index < -0.39 is 0 Å². The lowest BCUT2D eigenvalue weighted by Gasteiger charge is -2.25. The highest BCUT2D eigenvalue weighted by molar-refractivity contribution is 6.31. The van der Waals surface area contributed by atoms with Crippen molar-refractivity contribution >= 4 is 17.4 Å². The van der Waals surface area contributed by atoms with Crippen LogP contribution in [0.3, 0.4) is 0 Å². The number of halogens is 1. The van der Waals surface area contributed by atoms with Crippen LogP contribution in [0.5, 0.6) is 0 Å². The number of benzene rings is 1. The highest BCUT2D eigenvalue weighted by Gasteiger charge is 2.18. The minimum Gasteiger partial charge on any atom is -0.409 e. The van der Waals surface area contributed by atoms with E-state index in [1.54, 1.807) is 12.1 Å². The van der Waals surface area contributed by atoms with Crippen LogP contribution in [0.25, 0.3) is 0 Å². The van der Waals surface area contributed by atoms with Crippen LogP contribution < -0.4 is 5.73 Å². The lowest BCUT2D eigenvalue weighted by molar-refractivity contribution is -0.00862. The van der Waals surface area contributed by atoms with E-state index in [1.165, 1.54) is 6.42 Å². The molecule has 92 valence electrons. The van der Waals surface area contributed by atoms with E-state index in [0.29, 0.717) is 23.3 Å². The Bertz CT molecular complexity index is 431. The van der Waals surface area contributed by atoms with Crippen molar-refractivity contribution in [2.45, 2.75) is 32.0 Å². The average Bonchev–Trinajstić information content (AvgIpc) is 2.28. The average molecular weight is 255 g/mol. The summed E-state index contributed by atoms with van der Waals surface area (Å²) < 4.78 is 5.68. The Kier molecular flexibility index (Phi) is 3.86. The van der Waals surface area contributed by atoms with Crippen LogP contribution in [0.15, 0.2) is 23.4 Å². The van der Waals surface area contributed by atoms with Crippen molar-refractivity contribution in [1.82, 2.24) is 0 Å². The van der Waals surface area contributed by atoms with Gasteiger partial charge in [0.05, 0.1) is 12.7 Å². The van der Waals surface area contributed by atoms with Crippen LogP contribution in [-0.4, -0.2) is 17.1 Å². The molecule has 1 aliphatic carbocycles. The van der Waals surface area contributed by atoms with E-state index in [9.17, 15) is 0 Å². The van der Waals surface area contributed by atoms with Crippen molar-refractivity contribution in [3.8, 4) is 0 Å². The first-order valence-corrected chi connectivity index (χ1v) is 5.96. The number of hydrogen-bond acceptors (Lipinski definition) is 3. The zero-order valence-electron chi connectivity index (χ0n) is 9.40. The van der Waals surface area contributed by atoms with Gasteiger partial charge in [0.25, 0.3) is 0 Å². The molecule has 1 saturated carbocycles. The third-order valence-electron chi connectivity index (χ3n) is 2.98. The van der Waals surface area contributed by atoms with Gasteiger partial charge < -0.3 is 15.7 Å². The maximum atomic E-state index is 8.56. The molecule has 0 aliphatic heterocycles. The highest BCUT2D eigenvalue weighted by atomic mass is 35.5. The van der Waals surface area contributed by atoms with Gasteiger partial charge in [-0.05, 0) is 30.9 Å². The van der Waals surface area contributed by atoms with Crippen molar-refractivity contribution in [2.75, 3.05) is 0 Å². The fraction of sp³-hybridized carbons (Fsp3) is 0.417. The Morgan fingerprint density at radius 2 is 2.29 bits per heavy atom. The monoisotopic (exact) mass is 254 g/mol. The molecule has 2 rings (SSSR count). The number of hydrogen-bond donors (Lipinski definition) is 2. The van der Waals surface area contributed by atoms with E-state index in [0.717, 1.165) is 18.4 Å². The maximum absolute atomic E-state index is 8.56. The third kappa shape index (κ3) is 2.90. The highest BCUT2D eigenvalue weighted by Crippen LogP contribution is 2.25. The number of amidine groups is 1. The lowest BCUT2D eigenvalue weighted by atomic mass is 9.96. The molecule has 0 radical (unpaired) electrons. The maximum Gasteiger partial charge on any atom is 0.170 e. The molecule has 3 N–H and O–H groups in total. The second kappa shape index (κ2) is 5.38. The van der Waals surface area contributed by atoms with Gasteiger partial charge in [-0.2, -0.15) is 0 Å². The van der Waals surface area contributed by atoms with Gasteiger partial charge in [-0.25, -0.2) is 0 Å². The Labute approximate surface area is 105 Å². The van der Waals surface area contributed by atoms with Crippen molar-refractivity contribution in [2.24, 2.45) is 10.9 Å². The van der Waals surface area contributed by atoms with E-state index in [4.69, 9.17) is 27.3 Å². The molecule has 0 amide bonds. The summed E-state index contributed by atoms with van der Waals surface area (Å²) in [7, 11) is 0. The molecule has 4 nitrogen and oxygen atoms in total. The molecule has 17 heavy (non-hydrogen) atoms. The normalized spacial score (nSPS) is 16.9. The van der Waals surface area contributed by atoms with Crippen molar-refractivity contribution in [3.05, 3.63) is 34.3 Å². The number of rotatable bonds is 4. The van der Waals surface area contributed by atoms with Gasteiger partial charge in [0.1, 0.15) is 0 Å². The Hall–Kier alpha value is -1.26. The van der Waals surface area contributed by atoms with E-state index in [1.807, 2.05) is 6.07 Å². The molecular weight excluding hydrogens is 240 g/mol. The largest absolute Gasteiger partial charge is 0.409 e. The fourth-order valence-corrected chi connectivity index (χ4v) is 1.86. The summed E-state index contributed by atoms with van der Waals surface area (Å²) in [4.78, 5) is 0. The summed E-state index contributed by atoms with van der Waals surface area (Å²) >= 11 is 6.10. The molecular formula is C12H15ClN2O2. The lowest BCUT2D eigenvalue weighted by Crippen LogP contribution is -2.21. The van der Waals surface area contributed by atoms with Gasteiger partial charge in [-0.1, -0.05) is 28.9 Å². The van der Waals surface area contributed by atoms with E-state index >= 15 is 0 Å². The summed E-state index contributed by atoms with van der Waals surface area (Å²) in [5.41, 5.74) is 7.00. The number of nitrogens with zero attached hydrogens (tertiary/aromatic N) is 1. The van der Waals surface area contributed by atoms with Crippen LogP contribution in [0.1, 0.15) is 30.4 Å². The Balaban J connectivity index is 2.03. The van der Waals surface area contributed by atoms with Gasteiger partial charge in [-0.3, -0.25) is 0 Å². The molecule has 1 aliphatic rings. The Morgan fingerprint density at radius 1 is 1.53 bits per heavy atom. The fourth-order valence-electron chi connectivity index (χ4n) is 1.63. The van der Waals surface area contributed by atoms with Gasteiger partial charge in [-0.15, -0.1) is 0 Å². The first kappa shape index (κ1) is 12.2. The molecule has 5 heteroatoms. The molecule has 0 saturated heterocycles. The van der Waals surface area contributed by atoms with Crippen molar-refractivity contribution in [1.29, 1.82) is 0 Å². The smallest absolute Gasteiger partial charge is 0.170 e. The molecule has 1 aromatic carbocycles. The molecule has 0 unspecified atom stereocenters.